The van der Waals surface area contributed by atoms with Crippen LogP contribution >= 0.6 is 15.9 Å². The zero-order valence-corrected chi connectivity index (χ0v) is 20.4. The van der Waals surface area contributed by atoms with Crippen LogP contribution in [0.2, 0.25) is 0 Å². The Hall–Kier alpha value is -3.57. The number of aromatic nitrogens is 1. The maximum atomic E-state index is 14.0. The van der Waals surface area contributed by atoms with Crippen molar-refractivity contribution in [3.63, 3.8) is 0 Å². The van der Waals surface area contributed by atoms with Crippen molar-refractivity contribution < 1.29 is 9.59 Å². The first-order valence-corrected chi connectivity index (χ1v) is 12.6. The van der Waals surface area contributed by atoms with Crippen LogP contribution in [0.3, 0.4) is 0 Å². The molecule has 0 radical (unpaired) electrons. The number of anilines is 1. The Morgan fingerprint density at radius 2 is 1.31 bits per heavy atom. The standard InChI is InChI=1S/C30H21BrN2O2/c31-30-23-7-3-1-5-21(23)25(22-6-2-4-8-24(22)30)26-27(30)29(35)33(28(26)34)20-11-9-18(10-12-20)17-19-13-15-32-16-14-19/h1-16,25-27H,17H2. The molecule has 0 saturated carbocycles. The molecule has 2 heterocycles. The molecule has 2 atom stereocenters. The molecule has 1 fully saturated rings. The van der Waals surface area contributed by atoms with Gasteiger partial charge in [-0.15, -0.1) is 0 Å². The van der Waals surface area contributed by atoms with E-state index in [1.807, 2.05) is 60.7 Å². The van der Waals surface area contributed by atoms with Gasteiger partial charge in [-0.05, 0) is 64.1 Å². The maximum Gasteiger partial charge on any atom is 0.239 e. The number of carbonyl (C=O) groups excluding carboxylic acids is 2. The highest BCUT2D eigenvalue weighted by Gasteiger charge is 2.67. The molecular formula is C30H21BrN2O2. The van der Waals surface area contributed by atoms with Crippen LogP contribution in [-0.4, -0.2) is 16.8 Å². The molecule has 3 aromatic carbocycles. The van der Waals surface area contributed by atoms with Gasteiger partial charge in [0.25, 0.3) is 0 Å². The van der Waals surface area contributed by atoms with Crippen LogP contribution in [0.1, 0.15) is 39.3 Å². The van der Waals surface area contributed by atoms with Crippen LogP contribution in [-0.2, 0) is 20.3 Å². The fourth-order valence-electron chi connectivity index (χ4n) is 6.43. The number of imide groups is 1. The summed E-state index contributed by atoms with van der Waals surface area (Å²) in [4.78, 5) is 33.5. The third-order valence-corrected chi connectivity index (χ3v) is 9.21. The highest BCUT2D eigenvalue weighted by molar-refractivity contribution is 9.09. The highest BCUT2D eigenvalue weighted by atomic mass is 79.9. The number of halogens is 1. The fraction of sp³-hybridized carbons (Fsp3) is 0.167. The topological polar surface area (TPSA) is 50.3 Å². The van der Waals surface area contributed by atoms with E-state index in [0.29, 0.717) is 5.69 Å². The molecule has 2 unspecified atom stereocenters. The van der Waals surface area contributed by atoms with Crippen molar-refractivity contribution in [1.82, 2.24) is 4.98 Å². The summed E-state index contributed by atoms with van der Waals surface area (Å²) in [5.41, 5.74) is 7.39. The normalized spacial score (nSPS) is 25.9. The van der Waals surface area contributed by atoms with E-state index in [0.717, 1.165) is 34.2 Å². The van der Waals surface area contributed by atoms with Gasteiger partial charge >= 0.3 is 0 Å². The first-order valence-electron chi connectivity index (χ1n) is 11.8. The van der Waals surface area contributed by atoms with Crippen LogP contribution in [0.15, 0.2) is 97.3 Å². The van der Waals surface area contributed by atoms with Gasteiger partial charge in [0.15, 0.2) is 0 Å². The monoisotopic (exact) mass is 520 g/mol. The molecule has 3 aliphatic carbocycles. The Balaban J connectivity index is 1.30. The van der Waals surface area contributed by atoms with Gasteiger partial charge in [0.2, 0.25) is 11.8 Å². The maximum absolute atomic E-state index is 14.0. The minimum absolute atomic E-state index is 0.111. The van der Waals surface area contributed by atoms with Gasteiger partial charge in [0.1, 0.15) is 0 Å². The summed E-state index contributed by atoms with van der Waals surface area (Å²) < 4.78 is -0.720. The second-order valence-electron chi connectivity index (χ2n) is 9.58. The number of hydrogen-bond donors (Lipinski definition) is 0. The van der Waals surface area contributed by atoms with Crippen molar-refractivity contribution in [3.05, 3.63) is 131 Å². The van der Waals surface area contributed by atoms with Crippen molar-refractivity contribution in [2.75, 3.05) is 4.90 Å². The van der Waals surface area contributed by atoms with E-state index in [-0.39, 0.29) is 17.7 Å². The van der Waals surface area contributed by atoms with Gasteiger partial charge in [0, 0.05) is 18.3 Å². The Bertz CT molecular complexity index is 1450. The van der Waals surface area contributed by atoms with E-state index in [1.165, 1.54) is 10.5 Å². The fourth-order valence-corrected chi connectivity index (χ4v) is 7.64. The number of amides is 2. The highest BCUT2D eigenvalue weighted by Crippen LogP contribution is 2.66. The summed E-state index contributed by atoms with van der Waals surface area (Å²) >= 11 is 4.05. The van der Waals surface area contributed by atoms with Gasteiger partial charge in [0.05, 0.1) is 21.8 Å². The number of benzene rings is 3. The Morgan fingerprint density at radius 3 is 1.94 bits per heavy atom. The van der Waals surface area contributed by atoms with Crippen LogP contribution in [0, 0.1) is 11.8 Å². The molecule has 1 aliphatic heterocycles. The zero-order chi connectivity index (χ0) is 23.7. The number of rotatable bonds is 3. The van der Waals surface area contributed by atoms with Crippen molar-refractivity contribution in [2.24, 2.45) is 11.8 Å². The third-order valence-electron chi connectivity index (χ3n) is 7.87. The second-order valence-corrected chi connectivity index (χ2v) is 10.8. The molecule has 170 valence electrons. The van der Waals surface area contributed by atoms with Crippen molar-refractivity contribution >= 4 is 33.4 Å². The van der Waals surface area contributed by atoms with E-state index in [1.54, 1.807) is 12.4 Å². The van der Waals surface area contributed by atoms with Crippen molar-refractivity contribution in [3.8, 4) is 0 Å². The SMILES string of the molecule is O=C1C2C3c4ccccc4C(Br)(c4ccccc43)C2C(=O)N1c1ccc(Cc2ccncc2)cc1. The Kier molecular flexibility index (Phi) is 4.43. The van der Waals surface area contributed by atoms with Gasteiger partial charge in [-0.1, -0.05) is 76.6 Å². The van der Waals surface area contributed by atoms with Crippen LogP contribution in [0.5, 0.6) is 0 Å². The molecular weight excluding hydrogens is 500 g/mol. The summed E-state index contributed by atoms with van der Waals surface area (Å²) in [6, 6.07) is 28.3. The molecule has 2 bridgehead atoms. The minimum atomic E-state index is -0.720. The van der Waals surface area contributed by atoms with Gasteiger partial charge in [-0.2, -0.15) is 0 Å². The lowest BCUT2D eigenvalue weighted by Gasteiger charge is -2.51. The van der Waals surface area contributed by atoms with Crippen LogP contribution < -0.4 is 4.90 Å². The number of alkyl halides is 1. The molecule has 0 N–H and O–H groups in total. The lowest BCUT2D eigenvalue weighted by atomic mass is 9.55. The van der Waals surface area contributed by atoms with E-state index in [4.69, 9.17) is 0 Å². The summed E-state index contributed by atoms with van der Waals surface area (Å²) in [7, 11) is 0. The molecule has 4 aromatic rings. The predicted octanol–water partition coefficient (Wildman–Crippen LogP) is 5.58. The third kappa shape index (κ3) is 2.76. The minimum Gasteiger partial charge on any atom is -0.274 e. The second kappa shape index (κ2) is 7.46. The first kappa shape index (κ1) is 20.8. The summed E-state index contributed by atoms with van der Waals surface area (Å²) in [6.45, 7) is 0. The molecule has 4 nitrogen and oxygen atoms in total. The number of carbonyl (C=O) groups is 2. The van der Waals surface area contributed by atoms with Crippen molar-refractivity contribution in [1.29, 1.82) is 0 Å². The molecule has 8 rings (SSSR count). The summed E-state index contributed by atoms with van der Waals surface area (Å²) in [5, 5.41) is 0. The summed E-state index contributed by atoms with van der Waals surface area (Å²) in [5.74, 6) is -1.28. The molecule has 5 heteroatoms. The van der Waals surface area contributed by atoms with E-state index in [2.05, 4.69) is 45.2 Å². The molecule has 2 amide bonds. The number of nitrogens with zero attached hydrogens (tertiary/aromatic N) is 2. The van der Waals surface area contributed by atoms with E-state index < -0.39 is 16.2 Å². The average molecular weight is 521 g/mol. The molecule has 35 heavy (non-hydrogen) atoms. The van der Waals surface area contributed by atoms with Gasteiger partial charge < -0.3 is 0 Å². The zero-order valence-electron chi connectivity index (χ0n) is 18.8. The predicted molar refractivity (Wildman–Crippen MR) is 137 cm³/mol. The quantitative estimate of drug-likeness (QED) is 0.262. The van der Waals surface area contributed by atoms with Crippen LogP contribution in [0.25, 0.3) is 0 Å². The Morgan fingerprint density at radius 1 is 0.743 bits per heavy atom. The lowest BCUT2D eigenvalue weighted by Crippen LogP contribution is -2.50. The summed E-state index contributed by atoms with van der Waals surface area (Å²) in [6.07, 6.45) is 4.34. The lowest BCUT2D eigenvalue weighted by molar-refractivity contribution is -0.122. The van der Waals surface area contributed by atoms with Gasteiger partial charge in [-0.25, -0.2) is 4.90 Å². The van der Waals surface area contributed by atoms with Crippen LogP contribution in [0.4, 0.5) is 5.69 Å². The van der Waals surface area contributed by atoms with E-state index >= 15 is 0 Å². The smallest absolute Gasteiger partial charge is 0.239 e. The van der Waals surface area contributed by atoms with E-state index in [9.17, 15) is 9.59 Å². The van der Waals surface area contributed by atoms with Crippen molar-refractivity contribution in [2.45, 2.75) is 16.7 Å². The molecule has 1 saturated heterocycles. The largest absolute Gasteiger partial charge is 0.274 e. The molecule has 4 aliphatic rings. The Labute approximate surface area is 211 Å². The first-order chi connectivity index (χ1) is 17.1. The average Bonchev–Trinajstić information content (AvgIpc) is 3.17. The molecule has 0 spiro atoms. The van der Waals surface area contributed by atoms with Gasteiger partial charge in [-0.3, -0.25) is 14.6 Å². The number of pyridine rings is 1. The molecule has 1 aromatic heterocycles. The number of hydrogen-bond acceptors (Lipinski definition) is 3.